The molecule has 19 heteroatoms. The summed E-state index contributed by atoms with van der Waals surface area (Å²) >= 11 is 0.480. The first-order chi connectivity index (χ1) is 17.8. The first-order valence-electron chi connectivity index (χ1n) is 11.4. The Kier molecular flexibility index (Phi) is 8.64. The molecule has 1 aliphatic heterocycles. The van der Waals surface area contributed by atoms with E-state index in [1.54, 1.807) is 13.8 Å². The van der Waals surface area contributed by atoms with E-state index in [0.29, 0.717) is 18.3 Å². The molecule has 0 aliphatic carbocycles. The van der Waals surface area contributed by atoms with Gasteiger partial charge < -0.3 is 10.0 Å². The lowest BCUT2D eigenvalue weighted by Gasteiger charge is -2.42. The van der Waals surface area contributed by atoms with Gasteiger partial charge in [0.05, 0.1) is 17.2 Å². The maximum absolute atomic E-state index is 13.3. The summed E-state index contributed by atoms with van der Waals surface area (Å²) in [5.74, 6) is -0.0947. The maximum atomic E-state index is 13.3. The SMILES string of the molecule is CC(C)N(C[C@H]1CN(S(=O)(=O)c2ccc([N+](=O)[O-])s2)CCN1c1ncc(C(C)(O)C(F)(F)F)cn1)S(C)(=O)=O. The van der Waals surface area contributed by atoms with Crippen molar-refractivity contribution in [2.75, 3.05) is 37.3 Å². The molecule has 1 saturated heterocycles. The highest BCUT2D eigenvalue weighted by Gasteiger charge is 2.51. The van der Waals surface area contributed by atoms with E-state index in [1.165, 1.54) is 4.90 Å². The fourth-order valence-corrected chi connectivity index (χ4v) is 7.90. The van der Waals surface area contributed by atoms with E-state index < -0.39 is 54.4 Å². The normalized spacial score (nSPS) is 19.4. The molecule has 3 heterocycles. The van der Waals surface area contributed by atoms with Crippen LogP contribution in [-0.2, 0) is 25.6 Å². The molecule has 2 aromatic heterocycles. The van der Waals surface area contributed by atoms with Crippen LogP contribution >= 0.6 is 11.3 Å². The molecule has 0 spiro atoms. The van der Waals surface area contributed by atoms with Crippen molar-refractivity contribution in [2.24, 2.45) is 0 Å². The largest absolute Gasteiger partial charge is 0.421 e. The molecule has 0 aromatic carbocycles. The van der Waals surface area contributed by atoms with E-state index in [2.05, 4.69) is 9.97 Å². The summed E-state index contributed by atoms with van der Waals surface area (Å²) in [6, 6.07) is 0.791. The monoisotopic (exact) mass is 616 g/mol. The number of nitro groups is 1. The first kappa shape index (κ1) is 31.1. The van der Waals surface area contributed by atoms with E-state index in [-0.39, 0.29) is 41.3 Å². The minimum absolute atomic E-state index is 0.0674. The van der Waals surface area contributed by atoms with Gasteiger partial charge >= 0.3 is 11.2 Å². The van der Waals surface area contributed by atoms with Crippen molar-refractivity contribution < 1.29 is 40.0 Å². The van der Waals surface area contributed by atoms with Crippen LogP contribution < -0.4 is 4.90 Å². The van der Waals surface area contributed by atoms with Gasteiger partial charge in [0.2, 0.25) is 16.0 Å². The molecule has 218 valence electrons. The molecule has 3 rings (SSSR count). The number of thiophene rings is 1. The average molecular weight is 617 g/mol. The highest BCUT2D eigenvalue weighted by Crippen LogP contribution is 2.38. The molecule has 39 heavy (non-hydrogen) atoms. The average Bonchev–Trinajstić information content (AvgIpc) is 3.32. The second kappa shape index (κ2) is 10.8. The van der Waals surface area contributed by atoms with Gasteiger partial charge in [-0.2, -0.15) is 21.8 Å². The van der Waals surface area contributed by atoms with Crippen LogP contribution in [0, 0.1) is 10.1 Å². The Labute approximate surface area is 227 Å². The third-order valence-corrected chi connectivity index (χ3v) is 11.0. The quantitative estimate of drug-likeness (QED) is 0.324. The summed E-state index contributed by atoms with van der Waals surface area (Å²) in [6.45, 7) is 3.12. The zero-order valence-electron chi connectivity index (χ0n) is 21.2. The Hall–Kier alpha value is -2.45. The number of hydrogen-bond donors (Lipinski definition) is 1. The molecule has 0 amide bonds. The number of aliphatic hydroxyl groups is 1. The van der Waals surface area contributed by atoms with Gasteiger partial charge in [-0.1, -0.05) is 0 Å². The summed E-state index contributed by atoms with van der Waals surface area (Å²) in [6.07, 6.45) is -2.40. The van der Waals surface area contributed by atoms with Crippen molar-refractivity contribution in [3.05, 3.63) is 40.2 Å². The van der Waals surface area contributed by atoms with Crippen LogP contribution in [-0.4, -0.2) is 96.1 Å². The second-order valence-corrected chi connectivity index (χ2v) is 14.5. The topological polar surface area (TPSA) is 167 Å². The number of sulfonamides is 2. The molecular formula is C20H27F3N6O7S3. The van der Waals surface area contributed by atoms with Crippen molar-refractivity contribution in [3.63, 3.8) is 0 Å². The predicted molar refractivity (Wildman–Crippen MR) is 135 cm³/mol. The van der Waals surface area contributed by atoms with Crippen molar-refractivity contribution >= 4 is 42.3 Å². The molecule has 0 saturated carbocycles. The number of alkyl halides is 3. The molecule has 2 aromatic rings. The predicted octanol–water partition coefficient (Wildman–Crippen LogP) is 1.77. The van der Waals surface area contributed by atoms with Crippen LogP contribution in [0.1, 0.15) is 26.3 Å². The standard InChI is InChI=1S/C20H27F3N6O7S3/c1-13(2)28(38(4,33)34)12-15-11-26(39(35,36)17-6-5-16(37-17)29(31)32)7-8-27(15)18-24-9-14(10-25-18)19(3,30)20(21,22)23/h5-6,9-10,13,15,30H,7-8,11-12H2,1-4H3/t15-,19?/m1/s1. The highest BCUT2D eigenvalue weighted by atomic mass is 32.2. The lowest BCUT2D eigenvalue weighted by Crippen LogP contribution is -2.59. The minimum Gasteiger partial charge on any atom is -0.376 e. The Bertz CT molecular complexity index is 1410. The molecule has 1 unspecified atom stereocenters. The van der Waals surface area contributed by atoms with Crippen molar-refractivity contribution in [2.45, 2.75) is 48.8 Å². The van der Waals surface area contributed by atoms with Crippen LogP contribution in [0.4, 0.5) is 24.1 Å². The molecule has 1 N–H and O–H groups in total. The lowest BCUT2D eigenvalue weighted by atomic mass is 9.99. The van der Waals surface area contributed by atoms with E-state index in [0.717, 1.165) is 39.4 Å². The van der Waals surface area contributed by atoms with E-state index >= 15 is 0 Å². The molecule has 1 fully saturated rings. The van der Waals surface area contributed by atoms with E-state index in [4.69, 9.17) is 0 Å². The van der Waals surface area contributed by atoms with E-state index in [1.807, 2.05) is 0 Å². The van der Waals surface area contributed by atoms with Gasteiger partial charge in [-0.3, -0.25) is 10.1 Å². The number of nitrogens with zero attached hydrogens (tertiary/aromatic N) is 6. The van der Waals surface area contributed by atoms with Crippen LogP contribution in [0.25, 0.3) is 0 Å². The van der Waals surface area contributed by atoms with Gasteiger partial charge in [-0.15, -0.1) is 0 Å². The zero-order chi connectivity index (χ0) is 29.6. The van der Waals surface area contributed by atoms with Crippen LogP contribution in [0.3, 0.4) is 0 Å². The van der Waals surface area contributed by atoms with E-state index in [9.17, 15) is 45.2 Å². The Morgan fingerprint density at radius 3 is 2.26 bits per heavy atom. The minimum atomic E-state index is -5.00. The van der Waals surface area contributed by atoms with Gasteiger partial charge in [0.1, 0.15) is 4.21 Å². The molecule has 2 atom stereocenters. The third-order valence-electron chi connectivity index (χ3n) is 6.19. The Morgan fingerprint density at radius 2 is 1.79 bits per heavy atom. The summed E-state index contributed by atoms with van der Waals surface area (Å²) in [5, 5.41) is 20.6. The van der Waals surface area contributed by atoms with Gasteiger partial charge in [-0.05, 0) is 38.2 Å². The van der Waals surface area contributed by atoms with Crippen molar-refractivity contribution in [3.8, 4) is 0 Å². The lowest BCUT2D eigenvalue weighted by molar-refractivity contribution is -0.380. The summed E-state index contributed by atoms with van der Waals surface area (Å²) in [5.41, 5.74) is -3.83. The van der Waals surface area contributed by atoms with Gasteiger partial charge in [0, 0.05) is 56.2 Å². The second-order valence-electron chi connectivity index (χ2n) is 9.33. The van der Waals surface area contributed by atoms with Crippen LogP contribution in [0.5, 0.6) is 0 Å². The Morgan fingerprint density at radius 1 is 1.21 bits per heavy atom. The summed E-state index contributed by atoms with van der Waals surface area (Å²) < 4.78 is 93.1. The fraction of sp³-hybridized carbons (Fsp3) is 0.600. The third kappa shape index (κ3) is 6.49. The summed E-state index contributed by atoms with van der Waals surface area (Å²) in [4.78, 5) is 19.7. The number of piperazine rings is 1. The number of halogens is 3. The van der Waals surface area contributed by atoms with Crippen LogP contribution in [0.15, 0.2) is 28.7 Å². The zero-order valence-corrected chi connectivity index (χ0v) is 23.7. The molecular weight excluding hydrogens is 589 g/mol. The van der Waals surface area contributed by atoms with Gasteiger partial charge in [0.15, 0.2) is 5.60 Å². The first-order valence-corrected chi connectivity index (χ1v) is 15.5. The summed E-state index contributed by atoms with van der Waals surface area (Å²) in [7, 11) is -7.95. The van der Waals surface area contributed by atoms with Crippen LogP contribution in [0.2, 0.25) is 0 Å². The smallest absolute Gasteiger partial charge is 0.376 e. The molecule has 13 nitrogen and oxygen atoms in total. The Balaban J connectivity index is 1.98. The fourth-order valence-electron chi connectivity index (χ4n) is 3.96. The molecule has 0 bridgehead atoms. The number of hydrogen-bond acceptors (Lipinski definition) is 11. The number of aromatic nitrogens is 2. The van der Waals surface area contributed by atoms with Gasteiger partial charge in [0.25, 0.3) is 10.0 Å². The van der Waals surface area contributed by atoms with Gasteiger partial charge in [-0.25, -0.2) is 26.8 Å². The number of anilines is 1. The number of rotatable bonds is 9. The maximum Gasteiger partial charge on any atom is 0.421 e. The highest BCUT2D eigenvalue weighted by molar-refractivity contribution is 7.91. The van der Waals surface area contributed by atoms with Crippen molar-refractivity contribution in [1.82, 2.24) is 18.6 Å². The van der Waals surface area contributed by atoms with Crippen molar-refractivity contribution in [1.29, 1.82) is 0 Å². The molecule has 0 radical (unpaired) electrons. The molecule has 1 aliphatic rings.